The van der Waals surface area contributed by atoms with Gasteiger partial charge in [-0.25, -0.2) is 8.42 Å². The molecule has 2 heterocycles. The lowest BCUT2D eigenvalue weighted by Crippen LogP contribution is -2.16. The van der Waals surface area contributed by atoms with Gasteiger partial charge in [-0.2, -0.15) is 4.98 Å². The van der Waals surface area contributed by atoms with Crippen LogP contribution in [0.3, 0.4) is 0 Å². The van der Waals surface area contributed by atoms with Crippen molar-refractivity contribution < 1.29 is 22.3 Å². The van der Waals surface area contributed by atoms with Crippen molar-refractivity contribution in [1.82, 2.24) is 4.98 Å². The van der Waals surface area contributed by atoms with Gasteiger partial charge in [0, 0.05) is 18.2 Å². The van der Waals surface area contributed by atoms with Crippen molar-refractivity contribution in [3.8, 4) is 23.0 Å². The molecule has 2 aromatic carbocycles. The Morgan fingerprint density at radius 2 is 1.73 bits per heavy atom. The van der Waals surface area contributed by atoms with Crippen molar-refractivity contribution in [3.05, 3.63) is 48.0 Å². The molecule has 4 rings (SSSR count). The number of oxazole rings is 1. The van der Waals surface area contributed by atoms with Gasteiger partial charge in [0.2, 0.25) is 26.6 Å². The Bertz CT molecular complexity index is 1150. The van der Waals surface area contributed by atoms with Crippen LogP contribution >= 0.6 is 0 Å². The van der Waals surface area contributed by atoms with E-state index >= 15 is 0 Å². The number of sulfone groups is 1. The highest BCUT2D eigenvalue weighted by Gasteiger charge is 2.30. The number of fused-ring (bicyclic) bond motifs is 1. The quantitative estimate of drug-likeness (QED) is 0.625. The summed E-state index contributed by atoms with van der Waals surface area (Å²) in [5.41, 5.74) is 1.80. The summed E-state index contributed by atoms with van der Waals surface area (Å²) in [6, 6.07) is 12.1. The summed E-state index contributed by atoms with van der Waals surface area (Å²) in [7, 11) is -3.95. The predicted octanol–water partition coefficient (Wildman–Crippen LogP) is 4.32. The molecule has 158 valence electrons. The molecular weight excluding hydrogens is 404 g/mol. The van der Waals surface area contributed by atoms with Crippen LogP contribution in [0.4, 0.5) is 5.88 Å². The Kier molecular flexibility index (Phi) is 5.42. The first-order chi connectivity index (χ1) is 14.3. The second-order valence-electron chi connectivity index (χ2n) is 7.60. The number of ether oxygens (including phenoxy) is 2. The molecule has 0 spiro atoms. The minimum atomic E-state index is -3.95. The first-order valence-electron chi connectivity index (χ1n) is 9.81. The maximum atomic E-state index is 13.4. The largest absolute Gasteiger partial charge is 0.486 e. The van der Waals surface area contributed by atoms with E-state index in [0.29, 0.717) is 42.7 Å². The van der Waals surface area contributed by atoms with Gasteiger partial charge >= 0.3 is 0 Å². The fourth-order valence-corrected chi connectivity index (χ4v) is 4.31. The number of aromatic nitrogens is 1. The second-order valence-corrected chi connectivity index (χ2v) is 9.47. The first kappa shape index (κ1) is 20.3. The van der Waals surface area contributed by atoms with Gasteiger partial charge in [-0.3, -0.25) is 0 Å². The van der Waals surface area contributed by atoms with Crippen LogP contribution in [-0.2, 0) is 9.84 Å². The molecule has 1 N–H and O–H groups in total. The maximum Gasteiger partial charge on any atom is 0.233 e. The van der Waals surface area contributed by atoms with Crippen LogP contribution in [0.25, 0.3) is 11.5 Å². The van der Waals surface area contributed by atoms with Crippen LogP contribution in [0.5, 0.6) is 11.5 Å². The van der Waals surface area contributed by atoms with Crippen molar-refractivity contribution in [2.75, 3.05) is 25.1 Å². The van der Waals surface area contributed by atoms with Crippen molar-refractivity contribution in [3.63, 3.8) is 0 Å². The molecule has 1 aliphatic rings. The third-order valence-electron chi connectivity index (χ3n) is 4.64. The third kappa shape index (κ3) is 4.00. The topological polar surface area (TPSA) is 90.7 Å². The number of rotatable bonds is 6. The zero-order valence-corrected chi connectivity index (χ0v) is 18.0. The third-order valence-corrected chi connectivity index (χ3v) is 6.30. The van der Waals surface area contributed by atoms with E-state index in [1.807, 2.05) is 45.0 Å². The number of benzene rings is 2. The number of nitrogens with zero attached hydrogens (tertiary/aromatic N) is 1. The smallest absolute Gasteiger partial charge is 0.233 e. The van der Waals surface area contributed by atoms with Gasteiger partial charge < -0.3 is 19.2 Å². The molecule has 0 unspecified atom stereocenters. The summed E-state index contributed by atoms with van der Waals surface area (Å²) in [5.74, 6) is 1.61. The fourth-order valence-electron chi connectivity index (χ4n) is 3.02. The van der Waals surface area contributed by atoms with Crippen LogP contribution in [0, 0.1) is 12.8 Å². The Hall–Kier alpha value is -3.00. The minimum Gasteiger partial charge on any atom is -0.486 e. The van der Waals surface area contributed by atoms with Crippen LogP contribution in [0.2, 0.25) is 0 Å². The van der Waals surface area contributed by atoms with Gasteiger partial charge in [-0.1, -0.05) is 31.5 Å². The highest BCUT2D eigenvalue weighted by Crippen LogP contribution is 2.37. The van der Waals surface area contributed by atoms with Crippen molar-refractivity contribution in [1.29, 1.82) is 0 Å². The predicted molar refractivity (Wildman–Crippen MR) is 113 cm³/mol. The molecule has 0 bridgehead atoms. The van der Waals surface area contributed by atoms with Gasteiger partial charge in [-0.15, -0.1) is 0 Å². The zero-order valence-electron chi connectivity index (χ0n) is 17.1. The van der Waals surface area contributed by atoms with E-state index < -0.39 is 9.84 Å². The molecule has 0 saturated carbocycles. The highest BCUT2D eigenvalue weighted by atomic mass is 32.2. The van der Waals surface area contributed by atoms with Crippen LogP contribution < -0.4 is 14.8 Å². The average molecular weight is 429 g/mol. The number of nitrogens with one attached hydrogen (secondary N) is 1. The molecule has 1 aromatic heterocycles. The van der Waals surface area contributed by atoms with Crippen LogP contribution in [0.1, 0.15) is 19.4 Å². The van der Waals surface area contributed by atoms with Gasteiger partial charge in [0.25, 0.3) is 0 Å². The van der Waals surface area contributed by atoms with E-state index in [4.69, 9.17) is 13.9 Å². The molecule has 0 radical (unpaired) electrons. The number of hydrogen-bond donors (Lipinski definition) is 1. The van der Waals surface area contributed by atoms with E-state index in [1.54, 1.807) is 6.07 Å². The fraction of sp³-hybridized carbons (Fsp3) is 0.318. The second kappa shape index (κ2) is 8.02. The average Bonchev–Trinajstić information content (AvgIpc) is 3.17. The molecule has 0 amide bonds. The first-order valence-corrected chi connectivity index (χ1v) is 11.3. The van der Waals surface area contributed by atoms with Crippen molar-refractivity contribution >= 4 is 15.7 Å². The van der Waals surface area contributed by atoms with Gasteiger partial charge in [0.1, 0.15) is 13.2 Å². The van der Waals surface area contributed by atoms with Crippen molar-refractivity contribution in [2.24, 2.45) is 5.92 Å². The molecule has 8 heteroatoms. The molecule has 0 aliphatic carbocycles. The van der Waals surface area contributed by atoms with Gasteiger partial charge in [0.05, 0.1) is 4.90 Å². The van der Waals surface area contributed by atoms with Gasteiger partial charge in [0.15, 0.2) is 11.5 Å². The normalized spacial score (nSPS) is 13.5. The lowest BCUT2D eigenvalue weighted by Gasteiger charge is -2.18. The molecular formula is C22H24N2O5S. The van der Waals surface area contributed by atoms with E-state index in [1.165, 1.54) is 12.1 Å². The standard InChI is InChI=1S/C22H24N2O5S/c1-14(2)13-23-21-22(24-20(29-21)16-6-4-15(3)5-7-16)30(25,26)17-8-9-18-19(12-17)28-11-10-27-18/h4-9,12,14,23H,10-11,13H2,1-3H3. The van der Waals surface area contributed by atoms with E-state index in [-0.39, 0.29) is 21.7 Å². The van der Waals surface area contributed by atoms with E-state index in [2.05, 4.69) is 10.3 Å². The SMILES string of the molecule is Cc1ccc(-c2nc(S(=O)(=O)c3ccc4c(c3)OCCO4)c(NCC(C)C)o2)cc1. The summed E-state index contributed by atoms with van der Waals surface area (Å²) in [5, 5.41) is 2.95. The van der Waals surface area contributed by atoms with Crippen molar-refractivity contribution in [2.45, 2.75) is 30.7 Å². The minimum absolute atomic E-state index is 0.0723. The molecule has 0 atom stereocenters. The Morgan fingerprint density at radius 1 is 1.03 bits per heavy atom. The lowest BCUT2D eigenvalue weighted by molar-refractivity contribution is 0.171. The van der Waals surface area contributed by atoms with E-state index in [9.17, 15) is 8.42 Å². The number of anilines is 1. The number of hydrogen-bond acceptors (Lipinski definition) is 7. The molecule has 0 saturated heterocycles. The molecule has 1 aliphatic heterocycles. The summed E-state index contributed by atoms with van der Waals surface area (Å²) >= 11 is 0. The maximum absolute atomic E-state index is 13.4. The zero-order chi connectivity index (χ0) is 21.3. The van der Waals surface area contributed by atoms with Crippen LogP contribution in [-0.4, -0.2) is 33.2 Å². The summed E-state index contributed by atoms with van der Waals surface area (Å²) in [6.07, 6.45) is 0. The summed E-state index contributed by atoms with van der Waals surface area (Å²) < 4.78 is 43.7. The Labute approximate surface area is 176 Å². The molecule has 0 fully saturated rings. The summed E-state index contributed by atoms with van der Waals surface area (Å²) in [4.78, 5) is 4.43. The number of aryl methyl sites for hydroxylation is 1. The van der Waals surface area contributed by atoms with Crippen LogP contribution in [0.15, 0.2) is 56.8 Å². The molecule has 3 aromatic rings. The Morgan fingerprint density at radius 3 is 2.43 bits per heavy atom. The molecule has 30 heavy (non-hydrogen) atoms. The van der Waals surface area contributed by atoms with Gasteiger partial charge in [-0.05, 0) is 37.1 Å². The lowest BCUT2D eigenvalue weighted by atomic mass is 10.1. The summed E-state index contributed by atoms with van der Waals surface area (Å²) in [6.45, 7) is 7.39. The molecule has 7 nitrogen and oxygen atoms in total. The Balaban J connectivity index is 1.78. The van der Waals surface area contributed by atoms with E-state index in [0.717, 1.165) is 5.56 Å². The monoisotopic (exact) mass is 428 g/mol. The highest BCUT2D eigenvalue weighted by molar-refractivity contribution is 7.91.